The van der Waals surface area contributed by atoms with Gasteiger partial charge in [0.05, 0.1) is 10.7 Å². The number of nitrogens with one attached hydrogen (secondary N) is 2. The third kappa shape index (κ3) is 5.25. The van der Waals surface area contributed by atoms with Crippen molar-refractivity contribution >= 4 is 46.4 Å². The maximum Gasteiger partial charge on any atom is 0.314 e. The van der Waals surface area contributed by atoms with Crippen LogP contribution in [0.5, 0.6) is 0 Å². The lowest BCUT2D eigenvalue weighted by molar-refractivity contribution is -0.132. The lowest BCUT2D eigenvalue weighted by Crippen LogP contribution is -2.29. The van der Waals surface area contributed by atoms with Crippen molar-refractivity contribution in [3.8, 4) is 0 Å². The Morgan fingerprint density at radius 2 is 1.62 bits per heavy atom. The number of carbonyl (C=O) groups is 2. The van der Waals surface area contributed by atoms with Gasteiger partial charge in [-0.25, -0.2) is 0 Å². The van der Waals surface area contributed by atoms with Gasteiger partial charge in [-0.2, -0.15) is 0 Å². The minimum Gasteiger partial charge on any atom is -0.318 e. The molecule has 0 aliphatic rings. The number of hydrogen-bond acceptors (Lipinski definition) is 2. The highest BCUT2D eigenvalue weighted by molar-refractivity contribution is 6.45. The van der Waals surface area contributed by atoms with Crippen LogP contribution in [0.2, 0.25) is 10.0 Å². The molecule has 0 atom stereocenters. The summed E-state index contributed by atoms with van der Waals surface area (Å²) >= 11 is 11.8. The van der Waals surface area contributed by atoms with Gasteiger partial charge in [0.25, 0.3) is 0 Å². The third-order valence-electron chi connectivity index (χ3n) is 3.41. The van der Waals surface area contributed by atoms with Crippen molar-refractivity contribution in [1.29, 1.82) is 0 Å². The van der Waals surface area contributed by atoms with Crippen LogP contribution in [0.4, 0.5) is 11.4 Å². The maximum absolute atomic E-state index is 12.0. The molecule has 2 amide bonds. The second kappa shape index (κ2) is 8.71. The van der Waals surface area contributed by atoms with Gasteiger partial charge in [-0.1, -0.05) is 48.7 Å². The van der Waals surface area contributed by atoms with E-state index in [4.69, 9.17) is 23.2 Å². The summed E-state index contributed by atoms with van der Waals surface area (Å²) in [5, 5.41) is 5.72. The molecule has 126 valence electrons. The Hall–Kier alpha value is -2.04. The Bertz CT molecular complexity index is 730. The largest absolute Gasteiger partial charge is 0.318 e. The Morgan fingerprint density at radius 1 is 0.958 bits per heavy atom. The van der Waals surface area contributed by atoms with E-state index in [1.807, 2.05) is 12.1 Å². The predicted molar refractivity (Wildman–Crippen MR) is 98.8 cm³/mol. The highest BCUT2D eigenvalue weighted by Crippen LogP contribution is 2.25. The summed E-state index contributed by atoms with van der Waals surface area (Å²) in [4.78, 5) is 23.9. The summed E-state index contributed by atoms with van der Waals surface area (Å²) < 4.78 is 0. The quantitative estimate of drug-likeness (QED) is 0.740. The first kappa shape index (κ1) is 18.3. The summed E-state index contributed by atoms with van der Waals surface area (Å²) in [6, 6.07) is 12.1. The van der Waals surface area contributed by atoms with E-state index in [0.717, 1.165) is 19.3 Å². The molecule has 2 aromatic carbocycles. The zero-order valence-electron chi connectivity index (χ0n) is 13.2. The fourth-order valence-electron chi connectivity index (χ4n) is 2.10. The number of benzene rings is 2. The predicted octanol–water partition coefficient (Wildman–Crippen LogP) is 4.91. The van der Waals surface area contributed by atoms with Gasteiger partial charge in [0.15, 0.2) is 0 Å². The van der Waals surface area contributed by atoms with E-state index in [9.17, 15) is 9.59 Å². The smallest absolute Gasteiger partial charge is 0.314 e. The van der Waals surface area contributed by atoms with Crippen molar-refractivity contribution in [3.05, 3.63) is 58.1 Å². The van der Waals surface area contributed by atoms with Crippen LogP contribution < -0.4 is 10.6 Å². The van der Waals surface area contributed by atoms with Crippen molar-refractivity contribution < 1.29 is 9.59 Å². The van der Waals surface area contributed by atoms with E-state index in [0.29, 0.717) is 21.4 Å². The number of rotatable bonds is 5. The molecule has 2 aromatic rings. The molecular formula is C18H18Cl2N2O2. The van der Waals surface area contributed by atoms with Gasteiger partial charge < -0.3 is 10.6 Å². The number of halogens is 2. The lowest BCUT2D eigenvalue weighted by atomic mass is 10.1. The number of amides is 2. The van der Waals surface area contributed by atoms with Gasteiger partial charge in [-0.15, -0.1) is 0 Å². The van der Waals surface area contributed by atoms with E-state index >= 15 is 0 Å². The summed E-state index contributed by atoms with van der Waals surface area (Å²) in [5.74, 6) is -1.58. The highest BCUT2D eigenvalue weighted by Gasteiger charge is 2.15. The topological polar surface area (TPSA) is 58.2 Å². The van der Waals surface area contributed by atoms with Crippen molar-refractivity contribution in [3.63, 3.8) is 0 Å². The highest BCUT2D eigenvalue weighted by atomic mass is 35.5. The Balaban J connectivity index is 1.96. The molecule has 2 N–H and O–H groups in total. The van der Waals surface area contributed by atoms with Crippen molar-refractivity contribution in [1.82, 2.24) is 0 Å². The zero-order valence-corrected chi connectivity index (χ0v) is 14.7. The first-order chi connectivity index (χ1) is 11.5. The minimum atomic E-state index is -0.811. The first-order valence-corrected chi connectivity index (χ1v) is 8.41. The average molecular weight is 365 g/mol. The molecule has 0 saturated carbocycles. The van der Waals surface area contributed by atoms with Crippen LogP contribution in [0.15, 0.2) is 42.5 Å². The van der Waals surface area contributed by atoms with Crippen LogP contribution in [-0.4, -0.2) is 11.8 Å². The third-order valence-corrected chi connectivity index (χ3v) is 3.98. The summed E-state index contributed by atoms with van der Waals surface area (Å²) in [6.45, 7) is 2.14. The van der Waals surface area contributed by atoms with E-state index in [-0.39, 0.29) is 0 Å². The molecule has 0 spiro atoms. The Morgan fingerprint density at radius 3 is 2.29 bits per heavy atom. The van der Waals surface area contributed by atoms with E-state index in [1.54, 1.807) is 24.3 Å². The molecule has 0 aliphatic carbocycles. The fraction of sp³-hybridized carbons (Fsp3) is 0.222. The molecular weight excluding hydrogens is 347 g/mol. The van der Waals surface area contributed by atoms with Gasteiger partial charge in [-0.3, -0.25) is 9.59 Å². The molecule has 0 unspecified atom stereocenters. The van der Waals surface area contributed by atoms with Crippen molar-refractivity contribution in [2.75, 3.05) is 10.6 Å². The Labute approximate surface area is 151 Å². The average Bonchev–Trinajstić information content (AvgIpc) is 2.57. The number of aryl methyl sites for hydroxylation is 1. The molecule has 0 aromatic heterocycles. The SMILES string of the molecule is CCCCc1ccc(NC(=O)C(=O)Nc2cc(Cl)ccc2Cl)cc1. The monoisotopic (exact) mass is 364 g/mol. The maximum atomic E-state index is 12.0. The van der Waals surface area contributed by atoms with Crippen LogP contribution in [0, 0.1) is 0 Å². The lowest BCUT2D eigenvalue weighted by Gasteiger charge is -2.09. The molecule has 0 fully saturated rings. The van der Waals surface area contributed by atoms with Crippen LogP contribution in [0.1, 0.15) is 25.3 Å². The van der Waals surface area contributed by atoms with Crippen LogP contribution in [-0.2, 0) is 16.0 Å². The molecule has 0 heterocycles. The first-order valence-electron chi connectivity index (χ1n) is 7.66. The molecule has 24 heavy (non-hydrogen) atoms. The summed E-state index contributed by atoms with van der Waals surface area (Å²) in [6.07, 6.45) is 3.25. The second-order valence-electron chi connectivity index (χ2n) is 5.33. The van der Waals surface area contributed by atoms with Gasteiger partial charge in [0, 0.05) is 10.7 Å². The zero-order chi connectivity index (χ0) is 17.5. The molecule has 0 saturated heterocycles. The van der Waals surface area contributed by atoms with E-state index < -0.39 is 11.8 Å². The molecule has 4 nitrogen and oxygen atoms in total. The van der Waals surface area contributed by atoms with Crippen LogP contribution >= 0.6 is 23.2 Å². The number of carbonyl (C=O) groups excluding carboxylic acids is 2. The number of unbranched alkanes of at least 4 members (excludes halogenated alkanes) is 1. The minimum absolute atomic E-state index is 0.291. The molecule has 6 heteroatoms. The Kier molecular flexibility index (Phi) is 6.64. The molecule has 0 bridgehead atoms. The van der Waals surface area contributed by atoms with Crippen LogP contribution in [0.25, 0.3) is 0 Å². The van der Waals surface area contributed by atoms with Crippen molar-refractivity contribution in [2.24, 2.45) is 0 Å². The normalized spacial score (nSPS) is 10.3. The number of hydrogen-bond donors (Lipinski definition) is 2. The fourth-order valence-corrected chi connectivity index (χ4v) is 2.43. The van der Waals surface area contributed by atoms with Crippen LogP contribution in [0.3, 0.4) is 0 Å². The molecule has 2 rings (SSSR count). The van der Waals surface area contributed by atoms with Gasteiger partial charge in [0.1, 0.15) is 0 Å². The summed E-state index contributed by atoms with van der Waals surface area (Å²) in [7, 11) is 0. The standard InChI is InChI=1S/C18H18Cl2N2O2/c1-2-3-4-12-5-8-14(9-6-12)21-17(23)18(24)22-16-11-13(19)7-10-15(16)20/h5-11H,2-4H2,1H3,(H,21,23)(H,22,24). The van der Waals surface area contributed by atoms with Gasteiger partial charge in [-0.05, 0) is 48.7 Å². The second-order valence-corrected chi connectivity index (χ2v) is 6.18. The summed E-state index contributed by atoms with van der Waals surface area (Å²) in [5.41, 5.74) is 2.05. The van der Waals surface area contributed by atoms with Gasteiger partial charge in [0.2, 0.25) is 0 Å². The number of anilines is 2. The molecule has 0 aliphatic heterocycles. The van der Waals surface area contributed by atoms with E-state index in [1.165, 1.54) is 11.6 Å². The van der Waals surface area contributed by atoms with E-state index in [2.05, 4.69) is 17.6 Å². The van der Waals surface area contributed by atoms with Crippen molar-refractivity contribution in [2.45, 2.75) is 26.2 Å². The van der Waals surface area contributed by atoms with Gasteiger partial charge >= 0.3 is 11.8 Å². The molecule has 0 radical (unpaired) electrons.